The zero-order valence-corrected chi connectivity index (χ0v) is 11.0. The minimum Gasteiger partial charge on any atom is -0.495 e. The average molecular weight is 248 g/mol. The number of para-hydroxylation sites is 1. The Hall–Kier alpha value is -1.55. The van der Waals surface area contributed by atoms with Crippen LogP contribution in [0.5, 0.6) is 5.75 Å². The number of aryl methyl sites for hydroxylation is 1. The van der Waals surface area contributed by atoms with Gasteiger partial charge < -0.3 is 15.4 Å². The first kappa shape index (κ1) is 12.9. The fraction of sp³-hybridized carbons (Fsp3) is 0.500. The van der Waals surface area contributed by atoms with Crippen molar-refractivity contribution in [2.75, 3.05) is 18.6 Å². The standard InChI is InChI=1S/C14H20N2O2/c1-10(15)9-13(17)16-8-4-6-11-5-3-7-12(18-2)14(11)16/h3,5,7,10H,4,6,8-9,15H2,1-2H3. The van der Waals surface area contributed by atoms with Gasteiger partial charge in [-0.05, 0) is 31.4 Å². The van der Waals surface area contributed by atoms with Gasteiger partial charge in [0.05, 0.1) is 12.8 Å². The SMILES string of the molecule is COc1cccc2c1N(C(=O)CC(C)N)CCC2. The Labute approximate surface area is 108 Å². The van der Waals surface area contributed by atoms with E-state index in [-0.39, 0.29) is 11.9 Å². The molecular formula is C14H20N2O2. The number of nitrogens with zero attached hydrogens (tertiary/aromatic N) is 1. The number of amides is 1. The van der Waals surface area contributed by atoms with Gasteiger partial charge in [-0.25, -0.2) is 0 Å². The van der Waals surface area contributed by atoms with E-state index in [1.807, 2.05) is 24.0 Å². The Kier molecular flexibility index (Phi) is 3.87. The molecule has 2 rings (SSSR count). The van der Waals surface area contributed by atoms with Crippen molar-refractivity contribution >= 4 is 11.6 Å². The topological polar surface area (TPSA) is 55.6 Å². The lowest BCUT2D eigenvalue weighted by atomic mass is 10.00. The maximum atomic E-state index is 12.2. The van der Waals surface area contributed by atoms with Crippen LogP contribution in [0.15, 0.2) is 18.2 Å². The molecule has 1 aliphatic heterocycles. The number of anilines is 1. The number of hydrogen-bond acceptors (Lipinski definition) is 3. The molecule has 1 atom stereocenters. The molecule has 1 unspecified atom stereocenters. The Morgan fingerprint density at radius 3 is 3.00 bits per heavy atom. The van der Waals surface area contributed by atoms with Crippen LogP contribution in [-0.2, 0) is 11.2 Å². The van der Waals surface area contributed by atoms with E-state index in [9.17, 15) is 4.79 Å². The molecule has 0 bridgehead atoms. The molecule has 4 nitrogen and oxygen atoms in total. The van der Waals surface area contributed by atoms with E-state index in [0.29, 0.717) is 6.42 Å². The zero-order valence-electron chi connectivity index (χ0n) is 11.0. The summed E-state index contributed by atoms with van der Waals surface area (Å²) in [7, 11) is 1.64. The van der Waals surface area contributed by atoms with Crippen LogP contribution >= 0.6 is 0 Å². The second-order valence-corrected chi connectivity index (χ2v) is 4.80. The highest BCUT2D eigenvalue weighted by Gasteiger charge is 2.25. The van der Waals surface area contributed by atoms with E-state index in [1.165, 1.54) is 5.56 Å². The van der Waals surface area contributed by atoms with E-state index in [1.54, 1.807) is 7.11 Å². The zero-order chi connectivity index (χ0) is 13.1. The van der Waals surface area contributed by atoms with Crippen molar-refractivity contribution in [2.45, 2.75) is 32.2 Å². The minimum atomic E-state index is -0.113. The number of carbonyl (C=O) groups is 1. The lowest BCUT2D eigenvalue weighted by Crippen LogP contribution is -2.38. The van der Waals surface area contributed by atoms with Gasteiger partial charge in [-0.2, -0.15) is 0 Å². The Morgan fingerprint density at radius 2 is 2.33 bits per heavy atom. The van der Waals surface area contributed by atoms with E-state index in [4.69, 9.17) is 10.5 Å². The van der Waals surface area contributed by atoms with Gasteiger partial charge in [0.2, 0.25) is 5.91 Å². The average Bonchev–Trinajstić information content (AvgIpc) is 2.36. The molecule has 1 heterocycles. The normalized spacial score (nSPS) is 16.1. The molecule has 0 saturated heterocycles. The Bertz CT molecular complexity index is 429. The van der Waals surface area contributed by atoms with Gasteiger partial charge in [-0.15, -0.1) is 0 Å². The summed E-state index contributed by atoms with van der Waals surface area (Å²) in [5.41, 5.74) is 7.82. The van der Waals surface area contributed by atoms with Crippen LogP contribution in [0.4, 0.5) is 5.69 Å². The summed E-state index contributed by atoms with van der Waals surface area (Å²) in [5, 5.41) is 0. The number of rotatable bonds is 3. The molecule has 0 aliphatic carbocycles. The molecule has 98 valence electrons. The van der Waals surface area contributed by atoms with Gasteiger partial charge in [0, 0.05) is 19.0 Å². The van der Waals surface area contributed by atoms with Crippen LogP contribution in [0.1, 0.15) is 25.3 Å². The lowest BCUT2D eigenvalue weighted by molar-refractivity contribution is -0.118. The number of nitrogens with two attached hydrogens (primary N) is 1. The van der Waals surface area contributed by atoms with Crippen LogP contribution in [0.3, 0.4) is 0 Å². The van der Waals surface area contributed by atoms with Crippen LogP contribution in [-0.4, -0.2) is 25.6 Å². The fourth-order valence-electron chi connectivity index (χ4n) is 2.42. The van der Waals surface area contributed by atoms with Crippen LogP contribution in [0, 0.1) is 0 Å². The number of fused-ring (bicyclic) bond motifs is 1. The Balaban J connectivity index is 2.34. The summed E-state index contributed by atoms with van der Waals surface area (Å²) in [6.45, 7) is 2.60. The second-order valence-electron chi connectivity index (χ2n) is 4.80. The minimum absolute atomic E-state index is 0.0791. The molecule has 1 aromatic rings. The molecule has 4 heteroatoms. The lowest BCUT2D eigenvalue weighted by Gasteiger charge is -2.31. The van der Waals surface area contributed by atoms with Crippen molar-refractivity contribution in [3.63, 3.8) is 0 Å². The molecule has 1 aliphatic rings. The third-order valence-corrected chi connectivity index (χ3v) is 3.20. The van der Waals surface area contributed by atoms with E-state index >= 15 is 0 Å². The molecule has 18 heavy (non-hydrogen) atoms. The smallest absolute Gasteiger partial charge is 0.228 e. The molecule has 1 amide bonds. The summed E-state index contributed by atoms with van der Waals surface area (Å²) in [6, 6.07) is 5.81. The highest BCUT2D eigenvalue weighted by Crippen LogP contribution is 2.36. The van der Waals surface area contributed by atoms with E-state index < -0.39 is 0 Å². The maximum Gasteiger partial charge on any atom is 0.228 e. The van der Waals surface area contributed by atoms with Gasteiger partial charge in [0.1, 0.15) is 5.75 Å². The van der Waals surface area contributed by atoms with Crippen molar-refractivity contribution in [1.29, 1.82) is 0 Å². The van der Waals surface area contributed by atoms with Crippen molar-refractivity contribution in [3.8, 4) is 5.75 Å². The second kappa shape index (κ2) is 5.40. The van der Waals surface area contributed by atoms with Gasteiger partial charge >= 0.3 is 0 Å². The number of carbonyl (C=O) groups excluding carboxylic acids is 1. The first-order valence-corrected chi connectivity index (χ1v) is 6.35. The van der Waals surface area contributed by atoms with Crippen molar-refractivity contribution < 1.29 is 9.53 Å². The van der Waals surface area contributed by atoms with Gasteiger partial charge in [-0.1, -0.05) is 12.1 Å². The summed E-state index contributed by atoms with van der Waals surface area (Å²) in [4.78, 5) is 14.1. The molecule has 0 spiro atoms. The number of methoxy groups -OCH3 is 1. The fourth-order valence-corrected chi connectivity index (χ4v) is 2.42. The maximum absolute atomic E-state index is 12.2. The summed E-state index contributed by atoms with van der Waals surface area (Å²) in [6.07, 6.45) is 2.36. The van der Waals surface area contributed by atoms with Gasteiger partial charge in [0.25, 0.3) is 0 Å². The van der Waals surface area contributed by atoms with Crippen molar-refractivity contribution in [2.24, 2.45) is 5.73 Å². The van der Waals surface area contributed by atoms with Crippen LogP contribution < -0.4 is 15.4 Å². The highest BCUT2D eigenvalue weighted by molar-refractivity contribution is 5.96. The third-order valence-electron chi connectivity index (χ3n) is 3.20. The number of hydrogen-bond donors (Lipinski definition) is 1. The molecule has 0 aromatic heterocycles. The number of benzene rings is 1. The molecule has 0 radical (unpaired) electrons. The first-order valence-electron chi connectivity index (χ1n) is 6.35. The predicted octanol–water partition coefficient (Wildman–Crippen LogP) is 1.71. The molecule has 2 N–H and O–H groups in total. The summed E-state index contributed by atoms with van der Waals surface area (Å²) >= 11 is 0. The van der Waals surface area contributed by atoms with Gasteiger partial charge in [0.15, 0.2) is 0 Å². The monoisotopic (exact) mass is 248 g/mol. The van der Waals surface area contributed by atoms with Crippen LogP contribution in [0.25, 0.3) is 0 Å². The number of ether oxygens (including phenoxy) is 1. The van der Waals surface area contributed by atoms with Crippen molar-refractivity contribution in [3.05, 3.63) is 23.8 Å². The third kappa shape index (κ3) is 2.48. The van der Waals surface area contributed by atoms with E-state index in [2.05, 4.69) is 6.07 Å². The van der Waals surface area contributed by atoms with Crippen molar-refractivity contribution in [1.82, 2.24) is 0 Å². The Morgan fingerprint density at radius 1 is 1.56 bits per heavy atom. The molecule has 0 saturated carbocycles. The molecule has 1 aromatic carbocycles. The van der Waals surface area contributed by atoms with E-state index in [0.717, 1.165) is 30.8 Å². The summed E-state index contributed by atoms with van der Waals surface area (Å²) < 4.78 is 5.37. The van der Waals surface area contributed by atoms with Gasteiger partial charge in [-0.3, -0.25) is 4.79 Å². The largest absolute Gasteiger partial charge is 0.495 e. The molecular weight excluding hydrogens is 228 g/mol. The molecule has 0 fully saturated rings. The predicted molar refractivity (Wildman–Crippen MR) is 71.9 cm³/mol. The quantitative estimate of drug-likeness (QED) is 0.886. The highest BCUT2D eigenvalue weighted by atomic mass is 16.5. The summed E-state index contributed by atoms with van der Waals surface area (Å²) in [5.74, 6) is 0.848. The van der Waals surface area contributed by atoms with Crippen LogP contribution in [0.2, 0.25) is 0 Å². The first-order chi connectivity index (χ1) is 8.63.